The number of halogens is 4. The summed E-state index contributed by atoms with van der Waals surface area (Å²) in [6.07, 6.45) is -5.13. The molecule has 0 amide bonds. The van der Waals surface area contributed by atoms with Crippen molar-refractivity contribution in [2.75, 3.05) is 0 Å². The van der Waals surface area contributed by atoms with E-state index in [1.165, 1.54) is 30.3 Å². The summed E-state index contributed by atoms with van der Waals surface area (Å²) in [4.78, 5) is 9.78. The third-order valence-electron chi connectivity index (χ3n) is 3.10. The SMILES string of the molecule is NS(=O)(=O)c1c(Cl)c(C(=O)O)cc(-c2ccccc2)c1C(F)(F)F. The Bertz CT molecular complexity index is 912. The second-order valence-corrected chi connectivity index (χ2v) is 6.58. The molecule has 0 aromatic heterocycles. The van der Waals surface area contributed by atoms with Crippen molar-refractivity contribution in [2.45, 2.75) is 11.1 Å². The molecule has 0 bridgehead atoms. The Morgan fingerprint density at radius 1 is 1.17 bits per heavy atom. The first-order chi connectivity index (χ1) is 10.9. The van der Waals surface area contributed by atoms with Crippen molar-refractivity contribution in [3.05, 3.63) is 52.5 Å². The van der Waals surface area contributed by atoms with Crippen molar-refractivity contribution < 1.29 is 31.5 Å². The highest BCUT2D eigenvalue weighted by atomic mass is 35.5. The topological polar surface area (TPSA) is 97.5 Å². The monoisotopic (exact) mass is 379 g/mol. The summed E-state index contributed by atoms with van der Waals surface area (Å²) in [5.74, 6) is -1.68. The maximum absolute atomic E-state index is 13.5. The Kier molecular flexibility index (Phi) is 4.62. The minimum Gasteiger partial charge on any atom is -0.478 e. The Labute approximate surface area is 139 Å². The molecule has 5 nitrogen and oxygen atoms in total. The van der Waals surface area contributed by atoms with E-state index < -0.39 is 48.8 Å². The van der Waals surface area contributed by atoms with Crippen LogP contribution in [0.4, 0.5) is 13.2 Å². The Morgan fingerprint density at radius 2 is 1.71 bits per heavy atom. The molecule has 0 saturated carbocycles. The number of benzene rings is 2. The molecular formula is C14H9ClF3NO4S. The molecule has 2 rings (SSSR count). The molecule has 0 aliphatic heterocycles. The molecule has 0 heterocycles. The van der Waals surface area contributed by atoms with E-state index in [4.69, 9.17) is 21.8 Å². The van der Waals surface area contributed by atoms with Gasteiger partial charge in [0.2, 0.25) is 10.0 Å². The molecule has 0 aliphatic carbocycles. The van der Waals surface area contributed by atoms with Crippen molar-refractivity contribution in [3.8, 4) is 11.1 Å². The van der Waals surface area contributed by atoms with Gasteiger partial charge in [-0.1, -0.05) is 41.9 Å². The molecule has 128 valence electrons. The van der Waals surface area contributed by atoms with Crippen LogP contribution in [-0.4, -0.2) is 19.5 Å². The number of carboxylic acids is 1. The number of nitrogens with two attached hydrogens (primary N) is 1. The van der Waals surface area contributed by atoms with E-state index in [1.807, 2.05) is 0 Å². The van der Waals surface area contributed by atoms with E-state index in [9.17, 15) is 26.4 Å². The third kappa shape index (κ3) is 3.37. The summed E-state index contributed by atoms with van der Waals surface area (Å²) in [6.45, 7) is 0. The summed E-state index contributed by atoms with van der Waals surface area (Å²) in [5, 5.41) is 12.9. The zero-order chi connectivity index (χ0) is 18.3. The molecule has 0 aliphatic rings. The molecule has 0 spiro atoms. The van der Waals surface area contributed by atoms with Crippen LogP contribution in [0.5, 0.6) is 0 Å². The van der Waals surface area contributed by atoms with Gasteiger partial charge in [-0.2, -0.15) is 13.2 Å². The predicted octanol–water partition coefficient (Wildman–Crippen LogP) is 3.37. The number of sulfonamides is 1. The largest absolute Gasteiger partial charge is 0.478 e. The molecule has 0 atom stereocenters. The average molecular weight is 380 g/mol. The molecule has 2 aromatic rings. The number of alkyl halides is 3. The van der Waals surface area contributed by atoms with Crippen LogP contribution in [0.25, 0.3) is 11.1 Å². The minimum absolute atomic E-state index is 0.0334. The smallest absolute Gasteiger partial charge is 0.418 e. The fraction of sp³-hybridized carbons (Fsp3) is 0.0714. The van der Waals surface area contributed by atoms with Crippen molar-refractivity contribution >= 4 is 27.6 Å². The van der Waals surface area contributed by atoms with Gasteiger partial charge in [0.05, 0.1) is 16.1 Å². The molecule has 0 radical (unpaired) electrons. The van der Waals surface area contributed by atoms with Gasteiger partial charge < -0.3 is 5.11 Å². The van der Waals surface area contributed by atoms with Gasteiger partial charge in [-0.15, -0.1) is 0 Å². The van der Waals surface area contributed by atoms with E-state index in [0.717, 1.165) is 0 Å². The lowest BCUT2D eigenvalue weighted by molar-refractivity contribution is -0.139. The Morgan fingerprint density at radius 3 is 2.12 bits per heavy atom. The minimum atomic E-state index is -5.13. The standard InChI is InChI=1S/C14H9ClF3NO4S/c15-11-9(13(20)21)6-8(7-4-2-1-3-5-7)10(14(16,17)18)12(11)24(19,22)23/h1-6H,(H,20,21)(H2,19,22,23). The predicted molar refractivity (Wildman–Crippen MR) is 80.2 cm³/mol. The summed E-state index contributed by atoms with van der Waals surface area (Å²) in [7, 11) is -4.95. The van der Waals surface area contributed by atoms with Crippen molar-refractivity contribution in [3.63, 3.8) is 0 Å². The summed E-state index contributed by atoms with van der Waals surface area (Å²) < 4.78 is 63.9. The number of carboxylic acid groups (broad SMARTS) is 1. The van der Waals surface area contributed by atoms with E-state index >= 15 is 0 Å². The Balaban J connectivity index is 3.09. The van der Waals surface area contributed by atoms with Crippen LogP contribution in [0.2, 0.25) is 5.02 Å². The van der Waals surface area contributed by atoms with Gasteiger partial charge in [-0.3, -0.25) is 0 Å². The molecule has 24 heavy (non-hydrogen) atoms. The highest BCUT2D eigenvalue weighted by Crippen LogP contribution is 2.44. The lowest BCUT2D eigenvalue weighted by Gasteiger charge is -2.19. The fourth-order valence-electron chi connectivity index (χ4n) is 2.18. The number of hydrogen-bond acceptors (Lipinski definition) is 3. The third-order valence-corrected chi connectivity index (χ3v) is 4.59. The Hall–Kier alpha value is -2.10. The fourth-order valence-corrected chi connectivity index (χ4v) is 3.61. The molecule has 10 heteroatoms. The zero-order valence-corrected chi connectivity index (χ0v) is 13.2. The zero-order valence-electron chi connectivity index (χ0n) is 11.6. The number of hydrogen-bond donors (Lipinski definition) is 2. The lowest BCUT2D eigenvalue weighted by Crippen LogP contribution is -2.22. The summed E-state index contributed by atoms with van der Waals surface area (Å²) >= 11 is 5.62. The van der Waals surface area contributed by atoms with Gasteiger partial charge in [0, 0.05) is 0 Å². The summed E-state index contributed by atoms with van der Waals surface area (Å²) in [5.41, 5.74) is -3.08. The van der Waals surface area contributed by atoms with Gasteiger partial charge in [0.15, 0.2) is 0 Å². The lowest BCUT2D eigenvalue weighted by atomic mass is 9.96. The first-order valence-electron chi connectivity index (χ1n) is 6.19. The molecule has 0 fully saturated rings. The van der Waals surface area contributed by atoms with Crippen molar-refractivity contribution in [2.24, 2.45) is 5.14 Å². The maximum atomic E-state index is 13.5. The van der Waals surface area contributed by atoms with Crippen LogP contribution in [0, 0.1) is 0 Å². The average Bonchev–Trinajstić information content (AvgIpc) is 2.45. The quantitative estimate of drug-likeness (QED) is 0.854. The molecular weight excluding hydrogens is 371 g/mol. The van der Waals surface area contributed by atoms with Crippen molar-refractivity contribution in [1.29, 1.82) is 0 Å². The van der Waals surface area contributed by atoms with Crippen LogP contribution in [0.15, 0.2) is 41.3 Å². The van der Waals surface area contributed by atoms with E-state index in [0.29, 0.717) is 6.07 Å². The van der Waals surface area contributed by atoms with E-state index in [-0.39, 0.29) is 5.56 Å². The number of rotatable bonds is 3. The number of primary sulfonamides is 1. The van der Waals surface area contributed by atoms with Crippen LogP contribution >= 0.6 is 11.6 Å². The van der Waals surface area contributed by atoms with Gasteiger partial charge in [0.25, 0.3) is 0 Å². The highest BCUT2D eigenvalue weighted by Gasteiger charge is 2.42. The van der Waals surface area contributed by atoms with Crippen LogP contribution in [-0.2, 0) is 16.2 Å². The number of aromatic carboxylic acids is 1. The first-order valence-corrected chi connectivity index (χ1v) is 8.12. The summed E-state index contributed by atoms with van der Waals surface area (Å²) in [6, 6.07) is 7.60. The number of carbonyl (C=O) groups is 1. The van der Waals surface area contributed by atoms with Crippen molar-refractivity contribution in [1.82, 2.24) is 0 Å². The molecule has 0 unspecified atom stereocenters. The second kappa shape index (κ2) is 6.08. The van der Waals surface area contributed by atoms with Crippen LogP contribution in [0.3, 0.4) is 0 Å². The van der Waals surface area contributed by atoms with Crippen LogP contribution in [0.1, 0.15) is 15.9 Å². The molecule has 0 saturated heterocycles. The normalized spacial score (nSPS) is 12.2. The second-order valence-electron chi connectivity index (χ2n) is 4.70. The first kappa shape index (κ1) is 18.2. The van der Waals surface area contributed by atoms with E-state index in [1.54, 1.807) is 0 Å². The molecule has 2 aromatic carbocycles. The molecule has 3 N–H and O–H groups in total. The van der Waals surface area contributed by atoms with E-state index in [2.05, 4.69) is 0 Å². The maximum Gasteiger partial charge on any atom is 0.418 e. The van der Waals surface area contributed by atoms with Gasteiger partial charge in [0.1, 0.15) is 4.90 Å². The van der Waals surface area contributed by atoms with Gasteiger partial charge in [-0.05, 0) is 17.2 Å². The van der Waals surface area contributed by atoms with Crippen LogP contribution < -0.4 is 5.14 Å². The van der Waals surface area contributed by atoms with Gasteiger partial charge in [-0.25, -0.2) is 18.4 Å². The van der Waals surface area contributed by atoms with Gasteiger partial charge >= 0.3 is 12.1 Å². The highest BCUT2D eigenvalue weighted by molar-refractivity contribution is 7.89.